The highest BCUT2D eigenvalue weighted by atomic mass is 16.5. The Balaban J connectivity index is 1.85. The van der Waals surface area contributed by atoms with Crippen molar-refractivity contribution in [1.82, 2.24) is 15.8 Å². The third-order valence-corrected chi connectivity index (χ3v) is 3.30. The summed E-state index contributed by atoms with van der Waals surface area (Å²) in [6, 6.07) is 1.48. The molecular formula is C13H21N3O3. The van der Waals surface area contributed by atoms with Crippen LogP contribution in [0, 0.1) is 0 Å². The molecule has 1 atom stereocenters. The second-order valence-corrected chi connectivity index (χ2v) is 6.04. The molecule has 1 aliphatic rings. The van der Waals surface area contributed by atoms with Crippen molar-refractivity contribution in [2.24, 2.45) is 0 Å². The summed E-state index contributed by atoms with van der Waals surface area (Å²) >= 11 is 0. The summed E-state index contributed by atoms with van der Waals surface area (Å²) in [4.78, 5) is 11.9. The molecular weight excluding hydrogens is 246 g/mol. The van der Waals surface area contributed by atoms with Crippen LogP contribution in [-0.2, 0) is 11.3 Å². The summed E-state index contributed by atoms with van der Waals surface area (Å²) in [5.41, 5.74) is 0.111. The molecule has 0 spiro atoms. The van der Waals surface area contributed by atoms with Crippen LogP contribution in [0.1, 0.15) is 39.8 Å². The zero-order valence-electron chi connectivity index (χ0n) is 11.8. The van der Waals surface area contributed by atoms with Crippen molar-refractivity contribution < 1.29 is 14.1 Å². The average molecular weight is 267 g/mol. The number of carbonyl (C=O) groups excluding carboxylic acids is 1. The molecule has 1 aliphatic heterocycles. The zero-order chi connectivity index (χ0) is 14.1. The summed E-state index contributed by atoms with van der Waals surface area (Å²) in [5, 5.41) is 9.43. The molecule has 2 amide bonds. The van der Waals surface area contributed by atoms with E-state index in [-0.39, 0.29) is 23.3 Å². The lowest BCUT2D eigenvalue weighted by molar-refractivity contribution is -0.0690. The standard InChI is InChI=1S/C13H21N3O3/c1-12(2)7-10(13(3,4)19-12)15-11(17)14-8-9-5-6-18-16-9/h5-6,10H,7-8H2,1-4H3,(H2,14,15,17). The lowest BCUT2D eigenvalue weighted by atomic mass is 9.95. The van der Waals surface area contributed by atoms with Gasteiger partial charge in [-0.1, -0.05) is 5.16 Å². The molecule has 6 nitrogen and oxygen atoms in total. The summed E-state index contributed by atoms with van der Waals surface area (Å²) in [7, 11) is 0. The molecule has 2 rings (SSSR count). The topological polar surface area (TPSA) is 76.4 Å². The summed E-state index contributed by atoms with van der Waals surface area (Å²) in [6.45, 7) is 8.39. The maximum Gasteiger partial charge on any atom is 0.315 e. The lowest BCUT2D eigenvalue weighted by Crippen LogP contribution is -2.49. The van der Waals surface area contributed by atoms with Crippen molar-refractivity contribution >= 4 is 6.03 Å². The molecule has 0 saturated carbocycles. The van der Waals surface area contributed by atoms with Gasteiger partial charge in [-0.3, -0.25) is 0 Å². The van der Waals surface area contributed by atoms with Gasteiger partial charge in [0.25, 0.3) is 0 Å². The van der Waals surface area contributed by atoms with E-state index in [1.807, 2.05) is 27.7 Å². The number of rotatable bonds is 3. The van der Waals surface area contributed by atoms with Crippen LogP contribution in [0.4, 0.5) is 4.79 Å². The molecule has 6 heteroatoms. The van der Waals surface area contributed by atoms with Crippen LogP contribution in [-0.4, -0.2) is 28.4 Å². The fourth-order valence-corrected chi connectivity index (χ4v) is 2.50. The van der Waals surface area contributed by atoms with E-state index in [0.29, 0.717) is 12.2 Å². The number of aromatic nitrogens is 1. The minimum Gasteiger partial charge on any atom is -0.367 e. The molecule has 1 unspecified atom stereocenters. The van der Waals surface area contributed by atoms with Crippen molar-refractivity contribution in [1.29, 1.82) is 0 Å². The average Bonchev–Trinajstić information content (AvgIpc) is 2.82. The predicted octanol–water partition coefficient (Wildman–Crippen LogP) is 1.82. The van der Waals surface area contributed by atoms with E-state index in [2.05, 4.69) is 15.8 Å². The fraction of sp³-hybridized carbons (Fsp3) is 0.692. The maximum atomic E-state index is 11.9. The summed E-state index contributed by atoms with van der Waals surface area (Å²) in [5.74, 6) is 0. The van der Waals surface area contributed by atoms with Crippen LogP contribution in [0.3, 0.4) is 0 Å². The van der Waals surface area contributed by atoms with Crippen LogP contribution in [0.25, 0.3) is 0 Å². The summed E-state index contributed by atoms with van der Waals surface area (Å²) < 4.78 is 10.6. The predicted molar refractivity (Wildman–Crippen MR) is 69.5 cm³/mol. The van der Waals surface area contributed by atoms with E-state index in [1.165, 1.54) is 6.26 Å². The minimum absolute atomic E-state index is 0.0141. The van der Waals surface area contributed by atoms with Gasteiger partial charge in [-0.25, -0.2) is 4.79 Å². The van der Waals surface area contributed by atoms with Gasteiger partial charge >= 0.3 is 6.03 Å². The largest absolute Gasteiger partial charge is 0.367 e. The Morgan fingerprint density at radius 3 is 2.74 bits per heavy atom. The molecule has 1 saturated heterocycles. The Hall–Kier alpha value is -1.56. The van der Waals surface area contributed by atoms with Crippen molar-refractivity contribution in [3.8, 4) is 0 Å². The van der Waals surface area contributed by atoms with Crippen LogP contribution >= 0.6 is 0 Å². The van der Waals surface area contributed by atoms with Gasteiger partial charge in [0.1, 0.15) is 12.0 Å². The van der Waals surface area contributed by atoms with Crippen LogP contribution in [0.2, 0.25) is 0 Å². The number of hydrogen-bond acceptors (Lipinski definition) is 4. The second kappa shape index (κ2) is 4.85. The summed E-state index contributed by atoms with van der Waals surface area (Å²) in [6.07, 6.45) is 2.27. The molecule has 0 radical (unpaired) electrons. The number of ether oxygens (including phenoxy) is 1. The van der Waals surface area contributed by atoms with E-state index in [9.17, 15) is 4.79 Å². The van der Waals surface area contributed by atoms with Gasteiger partial charge in [0.05, 0.1) is 23.8 Å². The fourth-order valence-electron chi connectivity index (χ4n) is 2.50. The molecule has 19 heavy (non-hydrogen) atoms. The van der Waals surface area contributed by atoms with E-state index >= 15 is 0 Å². The van der Waals surface area contributed by atoms with Crippen molar-refractivity contribution in [3.63, 3.8) is 0 Å². The Labute approximate surface area is 112 Å². The van der Waals surface area contributed by atoms with Gasteiger partial charge in [0, 0.05) is 6.07 Å². The van der Waals surface area contributed by atoms with Crippen molar-refractivity contribution in [3.05, 3.63) is 18.0 Å². The Kier molecular flexibility index (Phi) is 3.54. The molecule has 0 aromatic carbocycles. The molecule has 0 bridgehead atoms. The number of nitrogens with zero attached hydrogens (tertiary/aromatic N) is 1. The third-order valence-electron chi connectivity index (χ3n) is 3.30. The molecule has 106 valence electrons. The normalized spacial score (nSPS) is 24.1. The first-order valence-corrected chi connectivity index (χ1v) is 6.42. The molecule has 1 aromatic heterocycles. The van der Waals surface area contributed by atoms with Crippen LogP contribution < -0.4 is 10.6 Å². The Morgan fingerprint density at radius 2 is 2.21 bits per heavy atom. The van der Waals surface area contributed by atoms with Gasteiger partial charge < -0.3 is 19.9 Å². The van der Waals surface area contributed by atoms with E-state index < -0.39 is 0 Å². The quantitative estimate of drug-likeness (QED) is 0.875. The van der Waals surface area contributed by atoms with E-state index in [4.69, 9.17) is 9.26 Å². The lowest BCUT2D eigenvalue weighted by Gasteiger charge is -2.27. The van der Waals surface area contributed by atoms with Crippen molar-refractivity contribution in [2.45, 2.75) is 57.9 Å². The number of urea groups is 1. The molecule has 2 N–H and O–H groups in total. The highest BCUT2D eigenvalue weighted by Crippen LogP contribution is 2.37. The third kappa shape index (κ3) is 3.47. The van der Waals surface area contributed by atoms with Crippen LogP contribution in [0.5, 0.6) is 0 Å². The second-order valence-electron chi connectivity index (χ2n) is 6.04. The molecule has 1 aromatic rings. The molecule has 1 fully saturated rings. The minimum atomic E-state index is -0.366. The highest BCUT2D eigenvalue weighted by molar-refractivity contribution is 5.74. The van der Waals surface area contributed by atoms with Gasteiger partial charge in [-0.15, -0.1) is 0 Å². The number of nitrogens with one attached hydrogen (secondary N) is 2. The first kappa shape index (κ1) is 13.9. The smallest absolute Gasteiger partial charge is 0.315 e. The zero-order valence-corrected chi connectivity index (χ0v) is 11.8. The van der Waals surface area contributed by atoms with E-state index in [0.717, 1.165) is 6.42 Å². The van der Waals surface area contributed by atoms with Gasteiger partial charge in [0.15, 0.2) is 0 Å². The van der Waals surface area contributed by atoms with Crippen molar-refractivity contribution in [2.75, 3.05) is 0 Å². The van der Waals surface area contributed by atoms with E-state index in [1.54, 1.807) is 6.07 Å². The number of hydrogen-bond donors (Lipinski definition) is 2. The van der Waals surface area contributed by atoms with Gasteiger partial charge in [-0.2, -0.15) is 0 Å². The Bertz CT molecular complexity index is 440. The first-order valence-electron chi connectivity index (χ1n) is 6.42. The first-order chi connectivity index (χ1) is 8.78. The molecule has 0 aliphatic carbocycles. The highest BCUT2D eigenvalue weighted by Gasteiger charge is 2.46. The van der Waals surface area contributed by atoms with Gasteiger partial charge in [-0.05, 0) is 34.1 Å². The number of amides is 2. The monoisotopic (exact) mass is 267 g/mol. The van der Waals surface area contributed by atoms with Gasteiger partial charge in [0.2, 0.25) is 0 Å². The SMILES string of the molecule is CC1(C)CC(NC(=O)NCc2ccon2)C(C)(C)O1. The molecule has 2 heterocycles. The van der Waals surface area contributed by atoms with Crippen LogP contribution in [0.15, 0.2) is 16.9 Å². The maximum absolute atomic E-state index is 11.9. The Morgan fingerprint density at radius 1 is 1.47 bits per heavy atom. The number of carbonyl (C=O) groups is 1.